The maximum atomic E-state index is 11.8. The summed E-state index contributed by atoms with van der Waals surface area (Å²) in [6.45, 7) is 4.12. The average Bonchev–Trinajstić information content (AvgIpc) is 2.23. The lowest BCUT2D eigenvalue weighted by molar-refractivity contribution is -0.122. The fraction of sp³-hybridized carbons (Fsp3) is 0.417. The molecule has 2 atom stereocenters. The number of carbonyl (C=O) groups is 1. The molecule has 1 amide bonds. The number of benzene rings is 1. The second-order valence-corrected chi connectivity index (χ2v) is 4.03. The van der Waals surface area contributed by atoms with E-state index in [0.717, 1.165) is 5.69 Å². The van der Waals surface area contributed by atoms with Gasteiger partial charge in [-0.1, -0.05) is 32.0 Å². The highest BCUT2D eigenvalue weighted by molar-refractivity contribution is 5.98. The Kier molecular flexibility index (Phi) is 2.06. The van der Waals surface area contributed by atoms with Crippen LogP contribution < -0.4 is 4.90 Å². The largest absolute Gasteiger partial charge is 0.315 e. The summed E-state index contributed by atoms with van der Waals surface area (Å²) in [6.07, 6.45) is 0. The van der Waals surface area contributed by atoms with Crippen molar-refractivity contribution in [2.45, 2.75) is 19.8 Å². The summed E-state index contributed by atoms with van der Waals surface area (Å²) in [5.41, 5.74) is 2.34. The Hall–Kier alpha value is -1.31. The Labute approximate surface area is 84.5 Å². The molecule has 0 bridgehead atoms. The minimum Gasteiger partial charge on any atom is -0.315 e. The molecule has 0 saturated carbocycles. The fourth-order valence-electron chi connectivity index (χ4n) is 2.09. The smallest absolute Gasteiger partial charge is 0.230 e. The number of hydrogen-bond acceptors (Lipinski definition) is 1. The molecule has 0 aromatic heterocycles. The van der Waals surface area contributed by atoms with Gasteiger partial charge in [-0.15, -0.1) is 0 Å². The van der Waals surface area contributed by atoms with Crippen LogP contribution in [-0.2, 0) is 4.79 Å². The molecule has 1 aliphatic heterocycles. The topological polar surface area (TPSA) is 20.3 Å². The van der Waals surface area contributed by atoms with Gasteiger partial charge in [-0.25, -0.2) is 0 Å². The van der Waals surface area contributed by atoms with Gasteiger partial charge in [-0.2, -0.15) is 0 Å². The van der Waals surface area contributed by atoms with E-state index in [4.69, 9.17) is 0 Å². The van der Waals surface area contributed by atoms with Crippen molar-refractivity contribution in [3.8, 4) is 0 Å². The van der Waals surface area contributed by atoms with Crippen LogP contribution in [0.4, 0.5) is 5.69 Å². The van der Waals surface area contributed by atoms with Gasteiger partial charge in [0.15, 0.2) is 0 Å². The molecular formula is C12H15NO. The molecule has 0 N–H and O–H groups in total. The molecule has 74 valence electrons. The second-order valence-electron chi connectivity index (χ2n) is 4.03. The van der Waals surface area contributed by atoms with E-state index in [0.29, 0.717) is 5.92 Å². The monoisotopic (exact) mass is 189 g/mol. The third kappa shape index (κ3) is 1.14. The summed E-state index contributed by atoms with van der Waals surface area (Å²) in [5, 5.41) is 0. The van der Waals surface area contributed by atoms with Gasteiger partial charge >= 0.3 is 0 Å². The number of amides is 1. The summed E-state index contributed by atoms with van der Waals surface area (Å²) < 4.78 is 0. The van der Waals surface area contributed by atoms with Crippen molar-refractivity contribution in [3.63, 3.8) is 0 Å². The number of para-hydroxylation sites is 1. The highest BCUT2D eigenvalue weighted by atomic mass is 16.2. The zero-order valence-corrected chi connectivity index (χ0v) is 8.82. The van der Waals surface area contributed by atoms with Crippen LogP contribution in [0, 0.1) is 5.92 Å². The van der Waals surface area contributed by atoms with Gasteiger partial charge in [-0.3, -0.25) is 4.79 Å². The van der Waals surface area contributed by atoms with E-state index in [1.165, 1.54) is 5.56 Å². The van der Waals surface area contributed by atoms with Crippen molar-refractivity contribution in [2.24, 2.45) is 5.92 Å². The molecular weight excluding hydrogens is 174 g/mol. The summed E-state index contributed by atoms with van der Waals surface area (Å²) in [6, 6.07) is 8.13. The summed E-state index contributed by atoms with van der Waals surface area (Å²) in [4.78, 5) is 13.6. The van der Waals surface area contributed by atoms with E-state index in [2.05, 4.69) is 13.0 Å². The Morgan fingerprint density at radius 3 is 2.50 bits per heavy atom. The maximum absolute atomic E-state index is 11.8. The number of fused-ring (bicyclic) bond motifs is 1. The van der Waals surface area contributed by atoms with Gasteiger partial charge in [0.1, 0.15) is 0 Å². The first kappa shape index (κ1) is 9.25. The number of carbonyl (C=O) groups excluding carboxylic acids is 1. The van der Waals surface area contributed by atoms with E-state index in [-0.39, 0.29) is 11.8 Å². The summed E-state index contributed by atoms with van der Waals surface area (Å²) in [5.74, 6) is 0.640. The SMILES string of the molecule is C[C@@H]1C(=O)N(C)c2ccccc2[C@H]1C. The number of rotatable bonds is 0. The van der Waals surface area contributed by atoms with Gasteiger partial charge in [0, 0.05) is 18.7 Å². The fourth-order valence-corrected chi connectivity index (χ4v) is 2.09. The van der Waals surface area contributed by atoms with E-state index < -0.39 is 0 Å². The zero-order valence-electron chi connectivity index (χ0n) is 8.82. The van der Waals surface area contributed by atoms with Crippen molar-refractivity contribution in [3.05, 3.63) is 29.8 Å². The molecule has 1 aliphatic rings. The normalized spacial score (nSPS) is 26.2. The van der Waals surface area contributed by atoms with Crippen LogP contribution in [-0.4, -0.2) is 13.0 Å². The van der Waals surface area contributed by atoms with Crippen LogP contribution in [0.5, 0.6) is 0 Å². The van der Waals surface area contributed by atoms with Gasteiger partial charge in [-0.05, 0) is 17.5 Å². The van der Waals surface area contributed by atoms with Gasteiger partial charge in [0.2, 0.25) is 5.91 Å². The quantitative estimate of drug-likeness (QED) is 0.613. The molecule has 2 rings (SSSR count). The number of hydrogen-bond donors (Lipinski definition) is 0. The first-order valence-corrected chi connectivity index (χ1v) is 4.99. The molecule has 0 aliphatic carbocycles. The Morgan fingerprint density at radius 1 is 1.14 bits per heavy atom. The predicted molar refractivity (Wildman–Crippen MR) is 57.4 cm³/mol. The third-order valence-electron chi connectivity index (χ3n) is 3.26. The van der Waals surface area contributed by atoms with E-state index in [9.17, 15) is 4.79 Å². The standard InChI is InChI=1S/C12H15NO/c1-8-9(2)12(14)13(3)11-7-5-4-6-10(8)11/h4-9H,1-3H3/t8-,9-/m0/s1. The van der Waals surface area contributed by atoms with Gasteiger partial charge in [0.05, 0.1) is 0 Å². The Balaban J connectivity index is 2.56. The molecule has 14 heavy (non-hydrogen) atoms. The van der Waals surface area contributed by atoms with Crippen LogP contribution in [0.2, 0.25) is 0 Å². The second kappa shape index (κ2) is 3.12. The highest BCUT2D eigenvalue weighted by Gasteiger charge is 2.32. The maximum Gasteiger partial charge on any atom is 0.230 e. The summed E-state index contributed by atoms with van der Waals surface area (Å²) >= 11 is 0. The van der Waals surface area contributed by atoms with Crippen molar-refractivity contribution >= 4 is 11.6 Å². The van der Waals surface area contributed by atoms with E-state index in [1.54, 1.807) is 4.90 Å². The van der Waals surface area contributed by atoms with Crippen LogP contribution in [0.3, 0.4) is 0 Å². The van der Waals surface area contributed by atoms with E-state index in [1.807, 2.05) is 32.2 Å². The van der Waals surface area contributed by atoms with E-state index >= 15 is 0 Å². The molecule has 2 nitrogen and oxygen atoms in total. The van der Waals surface area contributed by atoms with Crippen molar-refractivity contribution in [1.82, 2.24) is 0 Å². The molecule has 1 heterocycles. The number of anilines is 1. The molecule has 0 radical (unpaired) electrons. The lowest BCUT2D eigenvalue weighted by Gasteiger charge is -2.34. The molecule has 0 fully saturated rings. The molecule has 0 saturated heterocycles. The summed E-state index contributed by atoms with van der Waals surface area (Å²) in [7, 11) is 1.85. The minimum absolute atomic E-state index is 0.0925. The predicted octanol–water partition coefficient (Wildman–Crippen LogP) is 2.40. The zero-order chi connectivity index (χ0) is 10.3. The molecule has 1 aromatic rings. The van der Waals surface area contributed by atoms with Crippen molar-refractivity contribution < 1.29 is 4.79 Å². The molecule has 0 unspecified atom stereocenters. The minimum atomic E-state index is 0.0925. The van der Waals surface area contributed by atoms with Gasteiger partial charge in [0.25, 0.3) is 0 Å². The first-order chi connectivity index (χ1) is 6.63. The molecule has 2 heteroatoms. The van der Waals surface area contributed by atoms with Crippen LogP contribution in [0.25, 0.3) is 0 Å². The number of nitrogens with zero attached hydrogens (tertiary/aromatic N) is 1. The van der Waals surface area contributed by atoms with Crippen LogP contribution in [0.1, 0.15) is 25.3 Å². The van der Waals surface area contributed by atoms with Crippen molar-refractivity contribution in [2.75, 3.05) is 11.9 Å². The third-order valence-corrected chi connectivity index (χ3v) is 3.26. The van der Waals surface area contributed by atoms with Crippen molar-refractivity contribution in [1.29, 1.82) is 0 Å². The van der Waals surface area contributed by atoms with Crippen LogP contribution >= 0.6 is 0 Å². The first-order valence-electron chi connectivity index (χ1n) is 4.99. The molecule has 0 spiro atoms. The highest BCUT2D eigenvalue weighted by Crippen LogP contribution is 2.37. The lowest BCUT2D eigenvalue weighted by atomic mass is 9.83. The Morgan fingerprint density at radius 2 is 1.79 bits per heavy atom. The van der Waals surface area contributed by atoms with Crippen LogP contribution in [0.15, 0.2) is 24.3 Å². The Bertz CT molecular complexity index is 372. The average molecular weight is 189 g/mol. The van der Waals surface area contributed by atoms with Gasteiger partial charge < -0.3 is 4.90 Å². The lowest BCUT2D eigenvalue weighted by Crippen LogP contribution is -2.38. The molecule has 1 aromatic carbocycles.